The van der Waals surface area contributed by atoms with Crippen LogP contribution >= 0.6 is 0 Å². The van der Waals surface area contributed by atoms with Crippen LogP contribution in [0, 0.1) is 12.8 Å². The highest BCUT2D eigenvalue weighted by Gasteiger charge is 2.23. The van der Waals surface area contributed by atoms with Gasteiger partial charge in [0.1, 0.15) is 11.6 Å². The number of rotatable bonds is 5. The molecule has 20 heavy (non-hydrogen) atoms. The molecule has 0 aliphatic rings. The van der Waals surface area contributed by atoms with Crippen molar-refractivity contribution in [3.8, 4) is 5.88 Å². The first kappa shape index (κ1) is 16.7. The Balaban J connectivity index is 3.23. The second kappa shape index (κ2) is 6.42. The topological polar surface area (TPSA) is 47.0 Å². The number of aromatic nitrogens is 2. The van der Waals surface area contributed by atoms with E-state index in [9.17, 15) is 0 Å². The molecular formula is C16H29N3O. The second-order valence-electron chi connectivity index (χ2n) is 6.67. The van der Waals surface area contributed by atoms with Gasteiger partial charge in [0.2, 0.25) is 5.88 Å². The predicted octanol–water partition coefficient (Wildman–Crippen LogP) is 3.94. The maximum Gasteiger partial charge on any atom is 0.222 e. The molecule has 4 nitrogen and oxygen atoms in total. The molecule has 1 atom stereocenters. The zero-order valence-corrected chi connectivity index (χ0v) is 14.2. The van der Waals surface area contributed by atoms with Crippen molar-refractivity contribution in [2.24, 2.45) is 5.92 Å². The van der Waals surface area contributed by atoms with Crippen molar-refractivity contribution in [2.45, 2.75) is 66.9 Å². The van der Waals surface area contributed by atoms with Crippen LogP contribution in [0.2, 0.25) is 0 Å². The van der Waals surface area contributed by atoms with E-state index in [4.69, 9.17) is 4.74 Å². The number of nitrogens with one attached hydrogen (secondary N) is 1. The summed E-state index contributed by atoms with van der Waals surface area (Å²) < 4.78 is 6.04. The van der Waals surface area contributed by atoms with E-state index in [2.05, 4.69) is 63.8 Å². The van der Waals surface area contributed by atoms with Crippen LogP contribution in [0.25, 0.3) is 0 Å². The van der Waals surface area contributed by atoms with Gasteiger partial charge in [-0.1, -0.05) is 34.6 Å². The molecule has 1 rings (SSSR count). The fourth-order valence-electron chi connectivity index (χ4n) is 1.60. The fourth-order valence-corrected chi connectivity index (χ4v) is 1.60. The summed E-state index contributed by atoms with van der Waals surface area (Å²) in [5.74, 6) is 2.83. The van der Waals surface area contributed by atoms with Gasteiger partial charge in [-0.05, 0) is 26.7 Å². The largest absolute Gasteiger partial charge is 0.474 e. The number of anilines is 1. The predicted molar refractivity (Wildman–Crippen MR) is 84.6 cm³/mol. The minimum absolute atomic E-state index is 0.100. The van der Waals surface area contributed by atoms with Crippen LogP contribution in [0.15, 0.2) is 0 Å². The number of ether oxygens (including phenoxy) is 1. The van der Waals surface area contributed by atoms with Crippen LogP contribution < -0.4 is 10.1 Å². The summed E-state index contributed by atoms with van der Waals surface area (Å²) in [6.07, 6.45) is 0.130. The van der Waals surface area contributed by atoms with Crippen molar-refractivity contribution in [3.05, 3.63) is 11.4 Å². The fraction of sp³-hybridized carbons (Fsp3) is 0.750. The number of nitrogens with zero attached hydrogens (tertiary/aromatic N) is 2. The quantitative estimate of drug-likeness (QED) is 0.887. The third-order valence-electron chi connectivity index (χ3n) is 3.35. The summed E-state index contributed by atoms with van der Waals surface area (Å²) in [6, 6.07) is 0. The molecule has 0 spiro atoms. The first-order valence-electron chi connectivity index (χ1n) is 7.46. The van der Waals surface area contributed by atoms with Gasteiger partial charge in [-0.25, -0.2) is 4.98 Å². The summed E-state index contributed by atoms with van der Waals surface area (Å²) in [6.45, 7) is 17.6. The molecular weight excluding hydrogens is 250 g/mol. The van der Waals surface area contributed by atoms with Gasteiger partial charge in [0, 0.05) is 12.0 Å². The molecule has 0 aliphatic carbocycles. The number of hydrogen-bond acceptors (Lipinski definition) is 4. The van der Waals surface area contributed by atoms with Crippen molar-refractivity contribution in [3.63, 3.8) is 0 Å². The van der Waals surface area contributed by atoms with Gasteiger partial charge >= 0.3 is 0 Å². The zero-order valence-electron chi connectivity index (χ0n) is 14.2. The highest BCUT2D eigenvalue weighted by molar-refractivity contribution is 5.49. The Hall–Kier alpha value is -1.32. The highest BCUT2D eigenvalue weighted by atomic mass is 16.5. The first-order chi connectivity index (χ1) is 9.16. The van der Waals surface area contributed by atoms with Gasteiger partial charge in [0.05, 0.1) is 11.7 Å². The summed E-state index contributed by atoms with van der Waals surface area (Å²) in [4.78, 5) is 9.28. The Bertz CT molecular complexity index is 450. The highest BCUT2D eigenvalue weighted by Crippen LogP contribution is 2.28. The molecule has 0 fully saturated rings. The van der Waals surface area contributed by atoms with E-state index in [0.717, 1.165) is 23.8 Å². The average Bonchev–Trinajstić information content (AvgIpc) is 2.32. The third-order valence-corrected chi connectivity index (χ3v) is 3.35. The summed E-state index contributed by atoms with van der Waals surface area (Å²) >= 11 is 0. The third kappa shape index (κ3) is 4.09. The summed E-state index contributed by atoms with van der Waals surface area (Å²) in [5.41, 5.74) is 0.879. The molecule has 1 unspecified atom stereocenters. The molecule has 114 valence electrons. The van der Waals surface area contributed by atoms with Gasteiger partial charge in [0.15, 0.2) is 0 Å². The molecule has 0 radical (unpaired) electrons. The minimum atomic E-state index is -0.100. The molecule has 0 aromatic carbocycles. The van der Waals surface area contributed by atoms with Crippen molar-refractivity contribution >= 4 is 5.82 Å². The lowest BCUT2D eigenvalue weighted by atomic mass is 9.95. The standard InChI is InChI=1S/C16H29N3O/c1-9-17-13-11(4)14(20-12(5)10(2)3)19-15(18-13)16(6,7)8/h10,12H,9H2,1-8H3,(H,17,18,19). The monoisotopic (exact) mass is 279 g/mol. The van der Waals surface area contributed by atoms with E-state index in [1.807, 2.05) is 6.92 Å². The van der Waals surface area contributed by atoms with Crippen LogP contribution in [0.4, 0.5) is 5.82 Å². The normalized spacial score (nSPS) is 13.4. The van der Waals surface area contributed by atoms with Crippen LogP contribution in [0.5, 0.6) is 5.88 Å². The van der Waals surface area contributed by atoms with Gasteiger partial charge in [-0.3, -0.25) is 0 Å². The van der Waals surface area contributed by atoms with Crippen LogP contribution in [0.1, 0.15) is 59.9 Å². The minimum Gasteiger partial charge on any atom is -0.474 e. The van der Waals surface area contributed by atoms with E-state index < -0.39 is 0 Å². The lowest BCUT2D eigenvalue weighted by Gasteiger charge is -2.23. The van der Waals surface area contributed by atoms with E-state index in [1.165, 1.54) is 0 Å². The Kier molecular flexibility index (Phi) is 5.37. The Morgan fingerprint density at radius 2 is 1.75 bits per heavy atom. The van der Waals surface area contributed by atoms with E-state index >= 15 is 0 Å². The zero-order chi connectivity index (χ0) is 15.5. The van der Waals surface area contributed by atoms with Crippen molar-refractivity contribution < 1.29 is 4.74 Å². The lowest BCUT2D eigenvalue weighted by molar-refractivity contribution is 0.161. The molecule has 0 bridgehead atoms. The molecule has 1 aromatic rings. The molecule has 4 heteroatoms. The molecule has 1 heterocycles. The lowest BCUT2D eigenvalue weighted by Crippen LogP contribution is -2.23. The van der Waals surface area contributed by atoms with Crippen molar-refractivity contribution in [1.29, 1.82) is 0 Å². The van der Waals surface area contributed by atoms with Crippen LogP contribution in [-0.4, -0.2) is 22.6 Å². The molecule has 0 aliphatic heterocycles. The average molecular weight is 279 g/mol. The Morgan fingerprint density at radius 1 is 1.15 bits per heavy atom. The second-order valence-corrected chi connectivity index (χ2v) is 6.67. The first-order valence-corrected chi connectivity index (χ1v) is 7.46. The van der Waals surface area contributed by atoms with Gasteiger partial charge in [-0.15, -0.1) is 0 Å². The van der Waals surface area contributed by atoms with Crippen molar-refractivity contribution in [2.75, 3.05) is 11.9 Å². The van der Waals surface area contributed by atoms with Gasteiger partial charge in [-0.2, -0.15) is 4.98 Å². The molecule has 0 amide bonds. The SMILES string of the molecule is CCNc1nc(C(C)(C)C)nc(OC(C)C(C)C)c1C. The summed E-state index contributed by atoms with van der Waals surface area (Å²) in [5, 5.41) is 3.30. The molecule has 1 N–H and O–H groups in total. The van der Waals surface area contributed by atoms with E-state index in [-0.39, 0.29) is 11.5 Å². The van der Waals surface area contributed by atoms with E-state index in [1.54, 1.807) is 0 Å². The maximum absolute atomic E-state index is 6.04. The van der Waals surface area contributed by atoms with Gasteiger partial charge < -0.3 is 10.1 Å². The summed E-state index contributed by atoms with van der Waals surface area (Å²) in [7, 11) is 0. The Labute approximate surface area is 123 Å². The molecule has 1 aromatic heterocycles. The van der Waals surface area contributed by atoms with Gasteiger partial charge in [0.25, 0.3) is 0 Å². The van der Waals surface area contributed by atoms with Crippen molar-refractivity contribution in [1.82, 2.24) is 9.97 Å². The van der Waals surface area contributed by atoms with Crippen LogP contribution in [0.3, 0.4) is 0 Å². The van der Waals surface area contributed by atoms with Crippen LogP contribution in [-0.2, 0) is 5.41 Å². The molecule has 0 saturated heterocycles. The van der Waals surface area contributed by atoms with E-state index in [0.29, 0.717) is 11.8 Å². The smallest absolute Gasteiger partial charge is 0.222 e. The maximum atomic E-state index is 6.04. The number of hydrogen-bond donors (Lipinski definition) is 1. The Morgan fingerprint density at radius 3 is 2.20 bits per heavy atom. The molecule has 0 saturated carbocycles.